The quantitative estimate of drug-likeness (QED) is 0.518. The minimum absolute atomic E-state index is 0.207. The van der Waals surface area contributed by atoms with Gasteiger partial charge in [-0.25, -0.2) is 4.79 Å². The molecular weight excluding hydrogens is 206 g/mol. The van der Waals surface area contributed by atoms with Crippen LogP contribution in [-0.4, -0.2) is 49.8 Å². The third-order valence-electron chi connectivity index (χ3n) is 3.38. The van der Waals surface area contributed by atoms with E-state index in [0.29, 0.717) is 18.7 Å². The number of hydrogen-bond donors (Lipinski definition) is 0. The Hall–Kier alpha value is -0.870. The van der Waals surface area contributed by atoms with Crippen molar-refractivity contribution in [3.63, 3.8) is 0 Å². The van der Waals surface area contributed by atoms with Crippen LogP contribution in [0.2, 0.25) is 0 Å². The van der Waals surface area contributed by atoms with Gasteiger partial charge in [-0.3, -0.25) is 4.90 Å². The fraction of sp³-hybridized carbons (Fsp3) is 0.750. The summed E-state index contributed by atoms with van der Waals surface area (Å²) in [5, 5.41) is 0. The average Bonchev–Trinajstić information content (AvgIpc) is 2.20. The van der Waals surface area contributed by atoms with Gasteiger partial charge in [0.25, 0.3) is 0 Å². The number of piperidine rings is 1. The number of rotatable bonds is 2. The number of ether oxygens (including phenoxy) is 2. The predicted molar refractivity (Wildman–Crippen MR) is 60.1 cm³/mol. The summed E-state index contributed by atoms with van der Waals surface area (Å²) < 4.78 is 10.5. The summed E-state index contributed by atoms with van der Waals surface area (Å²) in [5.74, 6) is -0.207. The zero-order valence-electron chi connectivity index (χ0n) is 9.94. The molecule has 2 saturated heterocycles. The molecule has 2 bridgehead atoms. The third kappa shape index (κ3) is 2.44. The lowest BCUT2D eigenvalue weighted by molar-refractivity contribution is -0.137. The van der Waals surface area contributed by atoms with E-state index < -0.39 is 0 Å². The number of morpholine rings is 1. The van der Waals surface area contributed by atoms with E-state index in [0.717, 1.165) is 26.1 Å². The molecule has 16 heavy (non-hydrogen) atoms. The zero-order valence-corrected chi connectivity index (χ0v) is 9.94. The highest BCUT2D eigenvalue weighted by Crippen LogP contribution is 2.29. The van der Waals surface area contributed by atoms with Crippen LogP contribution < -0.4 is 0 Å². The number of carbonyl (C=O) groups excluding carboxylic acids is 1. The fourth-order valence-corrected chi connectivity index (χ4v) is 2.44. The first kappa shape index (κ1) is 11.6. The Labute approximate surface area is 96.2 Å². The Morgan fingerprint density at radius 1 is 1.50 bits per heavy atom. The van der Waals surface area contributed by atoms with E-state index in [2.05, 4.69) is 11.9 Å². The molecule has 0 aromatic carbocycles. The van der Waals surface area contributed by atoms with Gasteiger partial charge in [-0.1, -0.05) is 5.57 Å². The van der Waals surface area contributed by atoms with Crippen LogP contribution >= 0.6 is 0 Å². The standard InChI is InChI=1S/C12H19NO3/c1-3-16-12(14)6-9-4-10-7-15-8-11(5-9)13(10)2/h6,10-11H,3-5,7-8H2,1-2H3. The monoisotopic (exact) mass is 225 g/mol. The van der Waals surface area contributed by atoms with Crippen LogP contribution in [0.15, 0.2) is 11.6 Å². The number of fused-ring (bicyclic) bond motifs is 2. The molecule has 0 radical (unpaired) electrons. The average molecular weight is 225 g/mol. The second-order valence-corrected chi connectivity index (χ2v) is 4.47. The van der Waals surface area contributed by atoms with Crippen molar-refractivity contribution in [3.8, 4) is 0 Å². The van der Waals surface area contributed by atoms with E-state index in [1.54, 1.807) is 6.08 Å². The van der Waals surface area contributed by atoms with E-state index in [4.69, 9.17) is 9.47 Å². The number of hydrogen-bond acceptors (Lipinski definition) is 4. The van der Waals surface area contributed by atoms with E-state index in [1.165, 1.54) is 5.57 Å². The predicted octanol–water partition coefficient (Wildman–Crippen LogP) is 0.969. The largest absolute Gasteiger partial charge is 0.463 e. The minimum atomic E-state index is -0.207. The molecule has 0 spiro atoms. The molecule has 0 aliphatic carbocycles. The molecular formula is C12H19NO3. The number of esters is 1. The van der Waals surface area contributed by atoms with Crippen LogP contribution in [0, 0.1) is 0 Å². The van der Waals surface area contributed by atoms with Crippen molar-refractivity contribution in [2.24, 2.45) is 0 Å². The highest BCUT2D eigenvalue weighted by atomic mass is 16.5. The highest BCUT2D eigenvalue weighted by Gasteiger charge is 2.34. The Morgan fingerprint density at radius 3 is 2.69 bits per heavy atom. The maximum atomic E-state index is 11.4. The maximum Gasteiger partial charge on any atom is 0.330 e. The van der Waals surface area contributed by atoms with Crippen LogP contribution in [0.5, 0.6) is 0 Å². The van der Waals surface area contributed by atoms with Gasteiger partial charge in [0, 0.05) is 18.2 Å². The fourth-order valence-electron chi connectivity index (χ4n) is 2.44. The Morgan fingerprint density at radius 2 is 2.12 bits per heavy atom. The van der Waals surface area contributed by atoms with Gasteiger partial charge in [0.2, 0.25) is 0 Å². The molecule has 0 aromatic rings. The number of likely N-dealkylation sites (N-methyl/N-ethyl adjacent to an activating group) is 1. The van der Waals surface area contributed by atoms with Gasteiger partial charge in [0.15, 0.2) is 0 Å². The molecule has 2 atom stereocenters. The van der Waals surface area contributed by atoms with Crippen molar-refractivity contribution >= 4 is 5.97 Å². The zero-order chi connectivity index (χ0) is 11.5. The number of nitrogens with zero attached hydrogens (tertiary/aromatic N) is 1. The summed E-state index contributed by atoms with van der Waals surface area (Å²) >= 11 is 0. The van der Waals surface area contributed by atoms with Crippen LogP contribution in [0.1, 0.15) is 19.8 Å². The third-order valence-corrected chi connectivity index (χ3v) is 3.38. The van der Waals surface area contributed by atoms with Gasteiger partial charge in [0.05, 0.1) is 19.8 Å². The van der Waals surface area contributed by atoms with Crippen LogP contribution in [0.25, 0.3) is 0 Å². The number of carbonyl (C=O) groups is 1. The second kappa shape index (κ2) is 4.97. The first-order valence-electron chi connectivity index (χ1n) is 5.86. The summed E-state index contributed by atoms with van der Waals surface area (Å²) in [6, 6.07) is 0.848. The summed E-state index contributed by atoms with van der Waals surface area (Å²) in [6.45, 7) is 3.81. The van der Waals surface area contributed by atoms with E-state index in [9.17, 15) is 4.79 Å². The Bertz CT molecular complexity index is 285. The van der Waals surface area contributed by atoms with Crippen LogP contribution in [0.4, 0.5) is 0 Å². The van der Waals surface area contributed by atoms with Crippen LogP contribution in [-0.2, 0) is 14.3 Å². The van der Waals surface area contributed by atoms with Gasteiger partial charge >= 0.3 is 5.97 Å². The molecule has 0 aromatic heterocycles. The van der Waals surface area contributed by atoms with Crippen molar-refractivity contribution in [1.82, 2.24) is 4.90 Å². The summed E-state index contributed by atoms with van der Waals surface area (Å²) in [6.07, 6.45) is 3.51. The van der Waals surface area contributed by atoms with E-state index in [-0.39, 0.29) is 5.97 Å². The van der Waals surface area contributed by atoms with Crippen molar-refractivity contribution in [2.45, 2.75) is 31.8 Å². The summed E-state index contributed by atoms with van der Waals surface area (Å²) in [4.78, 5) is 13.7. The molecule has 0 amide bonds. The normalized spacial score (nSPS) is 30.0. The minimum Gasteiger partial charge on any atom is -0.463 e. The molecule has 90 valence electrons. The topological polar surface area (TPSA) is 38.8 Å². The van der Waals surface area contributed by atoms with Crippen molar-refractivity contribution in [1.29, 1.82) is 0 Å². The molecule has 4 nitrogen and oxygen atoms in total. The lowest BCUT2D eigenvalue weighted by Crippen LogP contribution is -2.53. The van der Waals surface area contributed by atoms with E-state index in [1.807, 2.05) is 6.92 Å². The van der Waals surface area contributed by atoms with Gasteiger partial charge in [0.1, 0.15) is 0 Å². The van der Waals surface area contributed by atoms with E-state index >= 15 is 0 Å². The lowest BCUT2D eigenvalue weighted by atomic mass is 9.90. The molecule has 4 heteroatoms. The van der Waals surface area contributed by atoms with Crippen molar-refractivity contribution in [2.75, 3.05) is 26.9 Å². The Balaban J connectivity index is 2.01. The first-order chi connectivity index (χ1) is 7.70. The molecule has 2 heterocycles. The maximum absolute atomic E-state index is 11.4. The highest BCUT2D eigenvalue weighted by molar-refractivity contribution is 5.82. The summed E-state index contributed by atoms with van der Waals surface area (Å²) in [7, 11) is 2.14. The lowest BCUT2D eigenvalue weighted by Gasteiger charge is -2.44. The summed E-state index contributed by atoms with van der Waals surface area (Å²) in [5.41, 5.74) is 1.20. The second-order valence-electron chi connectivity index (χ2n) is 4.47. The van der Waals surface area contributed by atoms with Gasteiger partial charge < -0.3 is 9.47 Å². The van der Waals surface area contributed by atoms with Gasteiger partial charge in [-0.2, -0.15) is 0 Å². The molecule has 2 aliphatic rings. The SMILES string of the molecule is CCOC(=O)C=C1CC2COCC(C1)N2C. The molecule has 2 fully saturated rings. The molecule has 2 unspecified atom stereocenters. The Kier molecular flexibility index (Phi) is 3.61. The van der Waals surface area contributed by atoms with Gasteiger partial charge in [-0.15, -0.1) is 0 Å². The van der Waals surface area contributed by atoms with Crippen molar-refractivity contribution in [3.05, 3.63) is 11.6 Å². The molecule has 0 saturated carbocycles. The molecule has 2 rings (SSSR count). The van der Waals surface area contributed by atoms with Crippen LogP contribution in [0.3, 0.4) is 0 Å². The van der Waals surface area contributed by atoms with Gasteiger partial charge in [-0.05, 0) is 26.8 Å². The molecule has 2 aliphatic heterocycles. The smallest absolute Gasteiger partial charge is 0.330 e. The molecule has 0 N–H and O–H groups in total. The van der Waals surface area contributed by atoms with Crippen molar-refractivity contribution < 1.29 is 14.3 Å². The first-order valence-corrected chi connectivity index (χ1v) is 5.86.